The fraction of sp³-hybridized carbons (Fsp3) is 0.222. The Morgan fingerprint density at radius 1 is 1.04 bits per heavy atom. The lowest BCUT2D eigenvalue weighted by molar-refractivity contribution is -0.132. The van der Waals surface area contributed by atoms with Crippen LogP contribution in [0.1, 0.15) is 12.5 Å². The number of hydrogen-bond donors (Lipinski definition) is 1. The third-order valence-electron chi connectivity index (χ3n) is 3.59. The molecule has 7 heteroatoms. The van der Waals surface area contributed by atoms with E-state index < -0.39 is 0 Å². The zero-order valence-electron chi connectivity index (χ0n) is 13.6. The van der Waals surface area contributed by atoms with Gasteiger partial charge < -0.3 is 10.2 Å². The molecule has 0 saturated carbocycles. The van der Waals surface area contributed by atoms with Crippen molar-refractivity contribution in [2.75, 3.05) is 18.4 Å². The topological polar surface area (TPSA) is 49.4 Å². The second-order valence-corrected chi connectivity index (χ2v) is 6.69. The van der Waals surface area contributed by atoms with Gasteiger partial charge in [0.25, 0.3) is 0 Å². The summed E-state index contributed by atoms with van der Waals surface area (Å²) in [4.78, 5) is 25.5. The molecule has 0 bridgehead atoms. The fourth-order valence-corrected chi connectivity index (χ4v) is 2.70. The first-order valence-electron chi connectivity index (χ1n) is 7.60. The number of benzene rings is 2. The van der Waals surface area contributed by atoms with Crippen molar-refractivity contribution < 1.29 is 9.59 Å². The van der Waals surface area contributed by atoms with Crippen LogP contribution in [-0.2, 0) is 16.0 Å². The zero-order valence-corrected chi connectivity index (χ0v) is 15.8. The summed E-state index contributed by atoms with van der Waals surface area (Å²) in [6.07, 6.45) is 0.627. The van der Waals surface area contributed by atoms with Crippen LogP contribution in [-0.4, -0.2) is 29.8 Å². The second-order valence-electron chi connectivity index (χ2n) is 5.47. The SMILES string of the molecule is CC(=O)N(CCc1ccc(Cl)cc1)CC(=O)Nc1cccc(Cl)c1Cl. The molecule has 0 aromatic heterocycles. The van der Waals surface area contributed by atoms with Gasteiger partial charge in [-0.2, -0.15) is 0 Å². The minimum atomic E-state index is -0.338. The number of amides is 2. The van der Waals surface area contributed by atoms with Gasteiger partial charge in [-0.25, -0.2) is 0 Å². The van der Waals surface area contributed by atoms with Crippen molar-refractivity contribution in [3.8, 4) is 0 Å². The summed E-state index contributed by atoms with van der Waals surface area (Å²) in [7, 11) is 0. The highest BCUT2D eigenvalue weighted by Gasteiger charge is 2.15. The summed E-state index contributed by atoms with van der Waals surface area (Å²) < 4.78 is 0. The molecule has 0 aliphatic carbocycles. The van der Waals surface area contributed by atoms with Crippen molar-refractivity contribution in [3.63, 3.8) is 0 Å². The van der Waals surface area contributed by atoms with E-state index in [0.717, 1.165) is 5.56 Å². The van der Waals surface area contributed by atoms with Crippen molar-refractivity contribution in [3.05, 3.63) is 63.1 Å². The van der Waals surface area contributed by atoms with E-state index in [4.69, 9.17) is 34.8 Å². The number of nitrogens with one attached hydrogen (secondary N) is 1. The summed E-state index contributed by atoms with van der Waals surface area (Å²) in [6, 6.07) is 12.4. The number of carbonyl (C=O) groups is 2. The molecule has 0 heterocycles. The normalized spacial score (nSPS) is 10.4. The Bertz CT molecular complexity index is 763. The average Bonchev–Trinajstić information content (AvgIpc) is 2.57. The van der Waals surface area contributed by atoms with Gasteiger partial charge in [-0.1, -0.05) is 53.0 Å². The molecule has 2 aromatic rings. The van der Waals surface area contributed by atoms with Crippen LogP contribution in [0.4, 0.5) is 5.69 Å². The Morgan fingerprint density at radius 2 is 1.72 bits per heavy atom. The molecule has 0 unspecified atom stereocenters. The Balaban J connectivity index is 1.96. The molecule has 2 aromatic carbocycles. The minimum absolute atomic E-state index is 0.0637. The van der Waals surface area contributed by atoms with E-state index in [1.807, 2.05) is 12.1 Å². The van der Waals surface area contributed by atoms with Crippen molar-refractivity contribution >= 4 is 52.3 Å². The Morgan fingerprint density at radius 3 is 2.36 bits per heavy atom. The van der Waals surface area contributed by atoms with Crippen LogP contribution in [0.15, 0.2) is 42.5 Å². The lowest BCUT2D eigenvalue weighted by atomic mass is 10.1. The monoisotopic (exact) mass is 398 g/mol. The fourth-order valence-electron chi connectivity index (χ4n) is 2.23. The molecule has 1 N–H and O–H groups in total. The summed E-state index contributed by atoms with van der Waals surface area (Å²) >= 11 is 17.8. The van der Waals surface area contributed by atoms with Gasteiger partial charge in [-0.15, -0.1) is 0 Å². The van der Waals surface area contributed by atoms with E-state index in [1.54, 1.807) is 30.3 Å². The largest absolute Gasteiger partial charge is 0.333 e. The Hall–Kier alpha value is -1.75. The van der Waals surface area contributed by atoms with Crippen molar-refractivity contribution in [2.45, 2.75) is 13.3 Å². The second kappa shape index (κ2) is 9.09. The molecule has 4 nitrogen and oxygen atoms in total. The third kappa shape index (κ3) is 5.92. The van der Waals surface area contributed by atoms with Crippen LogP contribution < -0.4 is 5.32 Å². The van der Waals surface area contributed by atoms with Crippen LogP contribution in [0.3, 0.4) is 0 Å². The van der Waals surface area contributed by atoms with Crippen LogP contribution in [0.2, 0.25) is 15.1 Å². The first-order chi connectivity index (χ1) is 11.9. The minimum Gasteiger partial charge on any atom is -0.333 e. The molecule has 132 valence electrons. The van der Waals surface area contributed by atoms with Gasteiger partial charge in [-0.05, 0) is 36.2 Å². The molecule has 0 saturated heterocycles. The average molecular weight is 400 g/mol. The lowest BCUT2D eigenvalue weighted by Gasteiger charge is -2.21. The highest BCUT2D eigenvalue weighted by atomic mass is 35.5. The highest BCUT2D eigenvalue weighted by molar-refractivity contribution is 6.44. The maximum absolute atomic E-state index is 12.2. The Labute approximate surface area is 161 Å². The maximum Gasteiger partial charge on any atom is 0.244 e. The number of carbonyl (C=O) groups excluding carboxylic acids is 2. The quantitative estimate of drug-likeness (QED) is 0.767. The number of halogens is 3. The van der Waals surface area contributed by atoms with Crippen molar-refractivity contribution in [1.29, 1.82) is 0 Å². The summed E-state index contributed by atoms with van der Waals surface area (Å²) in [5.74, 6) is -0.517. The van der Waals surface area contributed by atoms with E-state index in [9.17, 15) is 9.59 Å². The third-order valence-corrected chi connectivity index (χ3v) is 4.66. The molecule has 2 amide bonds. The van der Waals surface area contributed by atoms with E-state index in [-0.39, 0.29) is 23.4 Å². The van der Waals surface area contributed by atoms with Crippen molar-refractivity contribution in [1.82, 2.24) is 4.90 Å². The van der Waals surface area contributed by atoms with E-state index in [2.05, 4.69) is 5.32 Å². The van der Waals surface area contributed by atoms with Crippen LogP contribution in [0, 0.1) is 0 Å². The highest BCUT2D eigenvalue weighted by Crippen LogP contribution is 2.29. The molecule has 0 atom stereocenters. The summed E-state index contributed by atoms with van der Waals surface area (Å²) in [5, 5.41) is 3.96. The van der Waals surface area contributed by atoms with Gasteiger partial charge in [-0.3, -0.25) is 9.59 Å². The van der Waals surface area contributed by atoms with Crippen LogP contribution in [0.25, 0.3) is 0 Å². The first kappa shape index (κ1) is 19.6. The molecule has 25 heavy (non-hydrogen) atoms. The zero-order chi connectivity index (χ0) is 18.4. The number of anilines is 1. The molecular formula is C18H17Cl3N2O2. The van der Waals surface area contributed by atoms with Crippen LogP contribution >= 0.6 is 34.8 Å². The molecule has 0 radical (unpaired) electrons. The lowest BCUT2D eigenvalue weighted by Crippen LogP contribution is -2.38. The van der Waals surface area contributed by atoms with Gasteiger partial charge in [0, 0.05) is 18.5 Å². The number of nitrogens with zero attached hydrogens (tertiary/aromatic N) is 1. The number of hydrogen-bond acceptors (Lipinski definition) is 2. The molecule has 0 fully saturated rings. The first-order valence-corrected chi connectivity index (χ1v) is 8.74. The standard InChI is InChI=1S/C18H17Cl3N2O2/c1-12(24)23(10-9-13-5-7-14(19)8-6-13)11-17(25)22-16-4-2-3-15(20)18(16)21/h2-8H,9-11H2,1H3,(H,22,25). The predicted octanol–water partition coefficient (Wildman–Crippen LogP) is 4.68. The van der Waals surface area contributed by atoms with Crippen molar-refractivity contribution in [2.24, 2.45) is 0 Å². The smallest absolute Gasteiger partial charge is 0.244 e. The molecule has 0 aliphatic rings. The Kier molecular flexibility index (Phi) is 7.12. The van der Waals surface area contributed by atoms with Gasteiger partial charge in [0.1, 0.15) is 0 Å². The maximum atomic E-state index is 12.2. The van der Waals surface area contributed by atoms with Gasteiger partial charge in [0.15, 0.2) is 0 Å². The van der Waals surface area contributed by atoms with E-state index in [0.29, 0.717) is 28.7 Å². The molecule has 2 rings (SSSR count). The van der Waals surface area contributed by atoms with Gasteiger partial charge in [0.2, 0.25) is 11.8 Å². The molecular weight excluding hydrogens is 383 g/mol. The van der Waals surface area contributed by atoms with E-state index >= 15 is 0 Å². The summed E-state index contributed by atoms with van der Waals surface area (Å²) in [5.41, 5.74) is 1.45. The van der Waals surface area contributed by atoms with Crippen LogP contribution in [0.5, 0.6) is 0 Å². The molecule has 0 spiro atoms. The van der Waals surface area contributed by atoms with Gasteiger partial charge in [0.05, 0.1) is 22.3 Å². The summed E-state index contributed by atoms with van der Waals surface area (Å²) in [6.45, 7) is 1.79. The molecule has 0 aliphatic heterocycles. The van der Waals surface area contributed by atoms with E-state index in [1.165, 1.54) is 11.8 Å². The number of rotatable bonds is 6. The predicted molar refractivity (Wildman–Crippen MR) is 103 cm³/mol. The van der Waals surface area contributed by atoms with Gasteiger partial charge >= 0.3 is 0 Å².